The molecule has 0 spiro atoms. The molecule has 136 valence electrons. The van der Waals surface area contributed by atoms with Gasteiger partial charge in [0.15, 0.2) is 0 Å². The summed E-state index contributed by atoms with van der Waals surface area (Å²) in [6, 6.07) is 10.1. The van der Waals surface area contributed by atoms with Crippen molar-refractivity contribution in [3.8, 4) is 5.75 Å². The third-order valence-electron chi connectivity index (χ3n) is 2.77. The summed E-state index contributed by atoms with van der Waals surface area (Å²) in [7, 11) is 0. The third-order valence-corrected chi connectivity index (χ3v) is 2.77. The van der Waals surface area contributed by atoms with E-state index in [1.54, 1.807) is 57.2 Å². The highest BCUT2D eigenvalue weighted by Gasteiger charge is 2.15. The molecule has 7 heteroatoms. The van der Waals surface area contributed by atoms with Gasteiger partial charge in [0.2, 0.25) is 0 Å². The second kappa shape index (κ2) is 8.66. The highest BCUT2D eigenvalue weighted by Crippen LogP contribution is 2.13. The Hall–Kier alpha value is -3.35. The van der Waals surface area contributed by atoms with Crippen molar-refractivity contribution in [1.29, 1.82) is 0 Å². The molecule has 1 N–H and O–H groups in total. The van der Waals surface area contributed by atoms with Crippen molar-refractivity contribution < 1.29 is 23.5 Å². The Bertz CT molecular complexity index is 802. The van der Waals surface area contributed by atoms with Crippen LogP contribution < -0.4 is 10.2 Å². The van der Waals surface area contributed by atoms with E-state index < -0.39 is 17.7 Å². The van der Waals surface area contributed by atoms with Gasteiger partial charge in [0.1, 0.15) is 17.1 Å². The molecule has 0 aliphatic heterocycles. The minimum Gasteiger partial charge on any atom is -0.465 e. The fraction of sp³-hybridized carbons (Fsp3) is 0.211. The van der Waals surface area contributed by atoms with Crippen LogP contribution in [-0.2, 0) is 9.53 Å². The molecular formula is C19H20N2O5. The predicted octanol–water partition coefficient (Wildman–Crippen LogP) is 3.76. The van der Waals surface area contributed by atoms with Gasteiger partial charge in [0.05, 0.1) is 12.5 Å². The molecule has 0 saturated heterocycles. The Morgan fingerprint density at radius 2 is 2.00 bits per heavy atom. The number of hydrogen-bond acceptors (Lipinski definition) is 6. The van der Waals surface area contributed by atoms with Crippen LogP contribution in [0.1, 0.15) is 32.1 Å². The van der Waals surface area contributed by atoms with Crippen molar-refractivity contribution in [2.75, 3.05) is 0 Å². The molecule has 2 rings (SSSR count). The van der Waals surface area contributed by atoms with Gasteiger partial charge < -0.3 is 13.9 Å². The number of benzene rings is 1. The second-order valence-corrected chi connectivity index (χ2v) is 6.21. The maximum absolute atomic E-state index is 11.8. The molecule has 0 bridgehead atoms. The maximum Gasteiger partial charge on any atom is 0.428 e. The number of amides is 1. The van der Waals surface area contributed by atoms with Gasteiger partial charge in [-0.1, -0.05) is 12.1 Å². The van der Waals surface area contributed by atoms with E-state index in [0.29, 0.717) is 17.1 Å². The van der Waals surface area contributed by atoms with E-state index in [2.05, 4.69) is 10.5 Å². The quantitative estimate of drug-likeness (QED) is 0.290. The summed E-state index contributed by atoms with van der Waals surface area (Å²) in [6.45, 7) is 5.28. The van der Waals surface area contributed by atoms with E-state index in [-0.39, 0.29) is 0 Å². The van der Waals surface area contributed by atoms with Crippen molar-refractivity contribution >= 4 is 24.4 Å². The van der Waals surface area contributed by atoms with Crippen molar-refractivity contribution in [3.63, 3.8) is 0 Å². The minimum absolute atomic E-state index is 0.348. The Balaban J connectivity index is 1.90. The lowest BCUT2D eigenvalue weighted by molar-refractivity contribution is -0.128. The molecule has 26 heavy (non-hydrogen) atoms. The van der Waals surface area contributed by atoms with E-state index in [1.165, 1.54) is 24.6 Å². The molecule has 2 aromatic rings. The molecule has 1 aromatic heterocycles. The van der Waals surface area contributed by atoms with Gasteiger partial charge in [-0.05, 0) is 56.7 Å². The van der Waals surface area contributed by atoms with Crippen LogP contribution in [0.25, 0.3) is 6.08 Å². The van der Waals surface area contributed by atoms with Gasteiger partial charge in [-0.3, -0.25) is 0 Å². The van der Waals surface area contributed by atoms with Crippen LogP contribution in [0.4, 0.5) is 4.79 Å². The van der Waals surface area contributed by atoms with Crippen LogP contribution in [0.2, 0.25) is 0 Å². The number of hydrogen-bond donors (Lipinski definition) is 1. The average molecular weight is 356 g/mol. The predicted molar refractivity (Wildman–Crippen MR) is 96.8 cm³/mol. The number of hydrazone groups is 1. The molecule has 1 heterocycles. The highest BCUT2D eigenvalue weighted by atomic mass is 16.6. The zero-order valence-electron chi connectivity index (χ0n) is 14.8. The largest absolute Gasteiger partial charge is 0.465 e. The number of ether oxygens (including phenoxy) is 2. The molecule has 0 saturated carbocycles. The normalized spacial score (nSPS) is 11.7. The Morgan fingerprint density at radius 3 is 2.69 bits per heavy atom. The molecule has 1 aromatic carbocycles. The number of esters is 1. The van der Waals surface area contributed by atoms with Crippen molar-refractivity contribution in [3.05, 3.63) is 60.1 Å². The van der Waals surface area contributed by atoms with Crippen LogP contribution in [-0.4, -0.2) is 23.9 Å². The van der Waals surface area contributed by atoms with Crippen molar-refractivity contribution in [2.24, 2.45) is 5.10 Å². The van der Waals surface area contributed by atoms with Crippen LogP contribution in [0.15, 0.2) is 58.3 Å². The zero-order chi connectivity index (χ0) is 19.0. The molecule has 0 aliphatic rings. The van der Waals surface area contributed by atoms with Gasteiger partial charge in [-0.2, -0.15) is 5.10 Å². The number of rotatable bonds is 5. The highest BCUT2D eigenvalue weighted by molar-refractivity contribution is 5.88. The summed E-state index contributed by atoms with van der Waals surface area (Å²) in [4.78, 5) is 23.3. The summed E-state index contributed by atoms with van der Waals surface area (Å²) >= 11 is 0. The number of carbonyl (C=O) groups excluding carboxylic acids is 2. The van der Waals surface area contributed by atoms with Crippen molar-refractivity contribution in [2.45, 2.75) is 26.4 Å². The molecule has 0 unspecified atom stereocenters. The summed E-state index contributed by atoms with van der Waals surface area (Å²) < 4.78 is 15.4. The molecular weight excluding hydrogens is 336 g/mol. The summed E-state index contributed by atoms with van der Waals surface area (Å²) in [5.74, 6) is 0.360. The standard InChI is InChI=1S/C19H20N2O5/c1-19(2,3)26-18(23)21-20-13-14-6-4-7-16(12-14)25-17(22)10-9-15-8-5-11-24-15/h4-13H,1-3H3,(H,21,23)/b10-9+,20-13-. The molecule has 0 atom stereocenters. The molecule has 0 fully saturated rings. The Labute approximate surface area is 151 Å². The van der Waals surface area contributed by atoms with E-state index in [0.717, 1.165) is 0 Å². The van der Waals surface area contributed by atoms with E-state index in [9.17, 15) is 9.59 Å². The first kappa shape index (κ1) is 19.0. The van der Waals surface area contributed by atoms with Gasteiger partial charge in [0, 0.05) is 6.08 Å². The Morgan fingerprint density at radius 1 is 1.19 bits per heavy atom. The lowest BCUT2D eigenvalue weighted by Crippen LogP contribution is -2.29. The van der Waals surface area contributed by atoms with Gasteiger partial charge in [-0.15, -0.1) is 0 Å². The Kier molecular flexibility index (Phi) is 6.32. The van der Waals surface area contributed by atoms with E-state index >= 15 is 0 Å². The average Bonchev–Trinajstić information content (AvgIpc) is 3.05. The van der Waals surface area contributed by atoms with Crippen LogP contribution in [0, 0.1) is 0 Å². The first-order valence-electron chi connectivity index (χ1n) is 7.87. The molecule has 0 aliphatic carbocycles. The first-order valence-corrected chi connectivity index (χ1v) is 7.87. The van der Waals surface area contributed by atoms with E-state index in [4.69, 9.17) is 13.9 Å². The number of carbonyl (C=O) groups is 2. The lowest BCUT2D eigenvalue weighted by atomic mass is 10.2. The molecule has 7 nitrogen and oxygen atoms in total. The van der Waals surface area contributed by atoms with Crippen LogP contribution >= 0.6 is 0 Å². The maximum atomic E-state index is 11.8. The summed E-state index contributed by atoms with van der Waals surface area (Å²) in [5, 5.41) is 3.80. The van der Waals surface area contributed by atoms with Crippen LogP contribution in [0.3, 0.4) is 0 Å². The topological polar surface area (TPSA) is 90.1 Å². The minimum atomic E-state index is -0.653. The second-order valence-electron chi connectivity index (χ2n) is 6.21. The number of nitrogens with one attached hydrogen (secondary N) is 1. The number of furan rings is 1. The fourth-order valence-electron chi connectivity index (χ4n) is 1.81. The molecule has 1 amide bonds. The summed E-state index contributed by atoms with van der Waals surface area (Å²) in [5.41, 5.74) is 2.30. The smallest absolute Gasteiger partial charge is 0.428 e. The fourth-order valence-corrected chi connectivity index (χ4v) is 1.81. The van der Waals surface area contributed by atoms with Crippen molar-refractivity contribution in [1.82, 2.24) is 5.43 Å². The zero-order valence-corrected chi connectivity index (χ0v) is 14.8. The molecule has 0 radical (unpaired) electrons. The van der Waals surface area contributed by atoms with Gasteiger partial charge in [-0.25, -0.2) is 15.0 Å². The third kappa shape index (κ3) is 7.04. The monoisotopic (exact) mass is 356 g/mol. The lowest BCUT2D eigenvalue weighted by Gasteiger charge is -2.18. The van der Waals surface area contributed by atoms with E-state index in [1.807, 2.05) is 0 Å². The van der Waals surface area contributed by atoms with Crippen LogP contribution in [0.5, 0.6) is 5.75 Å². The van der Waals surface area contributed by atoms with Gasteiger partial charge in [0.25, 0.3) is 0 Å². The summed E-state index contributed by atoms with van der Waals surface area (Å²) in [6.07, 6.45) is 5.06. The SMILES string of the molecule is CC(C)(C)OC(=O)N/N=C\c1cccc(OC(=O)/C=C/c2ccco2)c1. The van der Waals surface area contributed by atoms with Gasteiger partial charge >= 0.3 is 12.1 Å². The number of nitrogens with zero attached hydrogens (tertiary/aromatic N) is 1. The first-order chi connectivity index (χ1) is 12.3.